The van der Waals surface area contributed by atoms with Crippen molar-refractivity contribution in [3.05, 3.63) is 65.9 Å². The normalized spacial score (nSPS) is 21.0. The standard InChI is InChI=1S/C32H37N7O3/c1-3-29(41)39-16-15-38(18-24(39)12-13-33)31-26-19-37(17-23-9-4-7-22-8-5-11-28(40)30(22)23)20-27(26)34-32(35-31)42-21-25-10-6-14-36(25)2/h3-5,7-9,11,24-25,40H,1,6,10,12,14-21H2,2H3/t24-,25-/m0/s1. The molecule has 3 aliphatic heterocycles. The number of likely N-dealkylation sites (tertiary alicyclic amines) is 1. The van der Waals surface area contributed by atoms with Crippen molar-refractivity contribution in [2.45, 2.75) is 51.0 Å². The predicted molar refractivity (Wildman–Crippen MR) is 160 cm³/mol. The van der Waals surface area contributed by atoms with Gasteiger partial charge in [-0.3, -0.25) is 9.69 Å². The number of rotatable bonds is 8. The lowest BCUT2D eigenvalue weighted by molar-refractivity contribution is -0.128. The van der Waals surface area contributed by atoms with Crippen LogP contribution in [-0.2, 0) is 24.4 Å². The third-order valence-corrected chi connectivity index (χ3v) is 8.81. The Balaban J connectivity index is 1.29. The third kappa shape index (κ3) is 5.50. The number of carbonyl (C=O) groups is 1. The summed E-state index contributed by atoms with van der Waals surface area (Å²) in [6.45, 7) is 8.74. The van der Waals surface area contributed by atoms with E-state index in [9.17, 15) is 15.2 Å². The van der Waals surface area contributed by atoms with E-state index in [1.54, 1.807) is 11.0 Å². The van der Waals surface area contributed by atoms with Crippen LogP contribution in [0, 0.1) is 11.3 Å². The number of phenols is 1. The van der Waals surface area contributed by atoms with Crippen molar-refractivity contribution in [1.29, 1.82) is 5.26 Å². The summed E-state index contributed by atoms with van der Waals surface area (Å²) in [6, 6.07) is 14.4. The molecule has 3 aliphatic rings. The number of piperazine rings is 1. The van der Waals surface area contributed by atoms with E-state index in [2.05, 4.69) is 40.5 Å². The van der Waals surface area contributed by atoms with Gasteiger partial charge in [0.2, 0.25) is 5.91 Å². The maximum atomic E-state index is 12.5. The van der Waals surface area contributed by atoms with Crippen molar-refractivity contribution < 1.29 is 14.6 Å². The zero-order chi connectivity index (χ0) is 29.2. The Morgan fingerprint density at radius 1 is 1.17 bits per heavy atom. The number of hydrogen-bond acceptors (Lipinski definition) is 9. The summed E-state index contributed by atoms with van der Waals surface area (Å²) in [5, 5.41) is 22.0. The van der Waals surface area contributed by atoms with Gasteiger partial charge in [0.1, 0.15) is 18.2 Å². The number of aromatic hydroxyl groups is 1. The molecule has 218 valence electrons. The molecule has 0 spiro atoms. The zero-order valence-corrected chi connectivity index (χ0v) is 24.1. The number of benzene rings is 2. The monoisotopic (exact) mass is 567 g/mol. The van der Waals surface area contributed by atoms with Gasteiger partial charge in [-0.15, -0.1) is 0 Å². The van der Waals surface area contributed by atoms with E-state index in [-0.39, 0.29) is 24.1 Å². The lowest BCUT2D eigenvalue weighted by atomic mass is 10.0. The van der Waals surface area contributed by atoms with Crippen LogP contribution in [0.3, 0.4) is 0 Å². The van der Waals surface area contributed by atoms with E-state index in [1.807, 2.05) is 24.3 Å². The van der Waals surface area contributed by atoms with Crippen LogP contribution >= 0.6 is 0 Å². The smallest absolute Gasteiger partial charge is 0.318 e. The van der Waals surface area contributed by atoms with Gasteiger partial charge in [0, 0.05) is 56.3 Å². The van der Waals surface area contributed by atoms with E-state index in [0.29, 0.717) is 57.9 Å². The second-order valence-electron chi connectivity index (χ2n) is 11.5. The Hall–Kier alpha value is -4.20. The summed E-state index contributed by atoms with van der Waals surface area (Å²) in [5.74, 6) is 0.937. The van der Waals surface area contributed by atoms with Crippen molar-refractivity contribution in [3.8, 4) is 17.8 Å². The van der Waals surface area contributed by atoms with E-state index < -0.39 is 0 Å². The van der Waals surface area contributed by atoms with Gasteiger partial charge >= 0.3 is 6.01 Å². The van der Waals surface area contributed by atoms with Crippen LogP contribution in [0.15, 0.2) is 49.1 Å². The van der Waals surface area contributed by atoms with Crippen LogP contribution in [-0.4, -0.2) is 87.6 Å². The summed E-state index contributed by atoms with van der Waals surface area (Å²) in [7, 11) is 2.12. The van der Waals surface area contributed by atoms with Crippen LogP contribution in [0.2, 0.25) is 0 Å². The SMILES string of the molecule is C=CC(=O)N1CCN(c2nc(OC[C@@H]3CCCN3C)nc3c2CN(Cc2cccc4cccc(O)c24)C3)C[C@@H]1CC#N. The first-order valence-corrected chi connectivity index (χ1v) is 14.6. The van der Waals surface area contributed by atoms with Gasteiger partial charge in [-0.25, -0.2) is 0 Å². The van der Waals surface area contributed by atoms with Gasteiger partial charge in [-0.05, 0) is 49.5 Å². The number of phenolic OH excluding ortho intramolecular Hbond substituents is 1. The number of anilines is 1. The Bertz CT molecular complexity index is 1530. The molecule has 10 nitrogen and oxygen atoms in total. The van der Waals surface area contributed by atoms with Crippen molar-refractivity contribution >= 4 is 22.5 Å². The molecule has 0 saturated carbocycles. The molecule has 0 aliphatic carbocycles. The highest BCUT2D eigenvalue weighted by Gasteiger charge is 2.34. The number of hydrogen-bond donors (Lipinski definition) is 1. The molecule has 42 heavy (non-hydrogen) atoms. The minimum atomic E-state index is -0.257. The molecule has 2 saturated heterocycles. The van der Waals surface area contributed by atoms with Crippen LogP contribution in [0.4, 0.5) is 5.82 Å². The van der Waals surface area contributed by atoms with Crippen molar-refractivity contribution in [2.24, 2.45) is 0 Å². The second kappa shape index (κ2) is 12.0. The van der Waals surface area contributed by atoms with Gasteiger partial charge in [0.15, 0.2) is 0 Å². The highest BCUT2D eigenvalue weighted by atomic mass is 16.5. The highest BCUT2D eigenvalue weighted by molar-refractivity contribution is 5.91. The number of likely N-dealkylation sites (N-methyl/N-ethyl adjacent to an activating group) is 1. The third-order valence-electron chi connectivity index (χ3n) is 8.81. The van der Waals surface area contributed by atoms with Crippen LogP contribution in [0.1, 0.15) is 36.1 Å². The van der Waals surface area contributed by atoms with Gasteiger partial charge in [0.25, 0.3) is 0 Å². The first kappa shape index (κ1) is 27.9. The molecule has 10 heteroatoms. The molecule has 2 fully saturated rings. The van der Waals surface area contributed by atoms with Gasteiger partial charge < -0.3 is 24.5 Å². The molecule has 1 aromatic heterocycles. The average molecular weight is 568 g/mol. The number of fused-ring (bicyclic) bond motifs is 2. The average Bonchev–Trinajstić information content (AvgIpc) is 3.60. The molecule has 0 unspecified atom stereocenters. The quantitative estimate of drug-likeness (QED) is 0.410. The molecule has 1 amide bonds. The topological polar surface area (TPSA) is 109 Å². The summed E-state index contributed by atoms with van der Waals surface area (Å²) in [5.41, 5.74) is 3.03. The lowest BCUT2D eigenvalue weighted by Crippen LogP contribution is -2.55. The fourth-order valence-electron chi connectivity index (χ4n) is 6.58. The number of carbonyl (C=O) groups excluding carboxylic acids is 1. The second-order valence-corrected chi connectivity index (χ2v) is 11.5. The Morgan fingerprint density at radius 2 is 2.00 bits per heavy atom. The van der Waals surface area contributed by atoms with E-state index >= 15 is 0 Å². The van der Waals surface area contributed by atoms with Crippen LogP contribution in [0.25, 0.3) is 10.8 Å². The molecule has 1 N–H and O–H groups in total. The number of amides is 1. The van der Waals surface area contributed by atoms with Gasteiger partial charge in [0.05, 0.1) is 24.2 Å². The largest absolute Gasteiger partial charge is 0.507 e. The minimum absolute atomic E-state index is 0.156. The van der Waals surface area contributed by atoms with Crippen molar-refractivity contribution in [3.63, 3.8) is 0 Å². The maximum Gasteiger partial charge on any atom is 0.318 e. The minimum Gasteiger partial charge on any atom is -0.507 e. The van der Waals surface area contributed by atoms with E-state index in [1.165, 1.54) is 6.08 Å². The fourth-order valence-corrected chi connectivity index (χ4v) is 6.58. The van der Waals surface area contributed by atoms with Crippen molar-refractivity contribution in [1.82, 2.24) is 24.7 Å². The van der Waals surface area contributed by atoms with E-state index in [0.717, 1.165) is 52.8 Å². The zero-order valence-electron chi connectivity index (χ0n) is 24.1. The Labute approximate surface area is 246 Å². The fraction of sp³-hybridized carbons (Fsp3) is 0.438. The predicted octanol–water partition coefficient (Wildman–Crippen LogP) is 3.44. The lowest BCUT2D eigenvalue weighted by Gasteiger charge is -2.41. The molecule has 4 heterocycles. The molecule has 6 rings (SSSR count). The number of nitrogens with zero attached hydrogens (tertiary/aromatic N) is 7. The summed E-state index contributed by atoms with van der Waals surface area (Å²) in [6.07, 6.45) is 3.80. The summed E-state index contributed by atoms with van der Waals surface area (Å²) < 4.78 is 6.22. The number of nitriles is 1. The van der Waals surface area contributed by atoms with Gasteiger partial charge in [-0.1, -0.05) is 36.9 Å². The van der Waals surface area contributed by atoms with E-state index in [4.69, 9.17) is 14.7 Å². The first-order valence-electron chi connectivity index (χ1n) is 14.6. The van der Waals surface area contributed by atoms with Crippen molar-refractivity contribution in [2.75, 3.05) is 44.7 Å². The summed E-state index contributed by atoms with van der Waals surface area (Å²) >= 11 is 0. The molecule has 3 aromatic rings. The molecule has 0 bridgehead atoms. The molecule has 2 atom stereocenters. The number of aromatic nitrogens is 2. The first-order chi connectivity index (χ1) is 20.4. The Morgan fingerprint density at radius 3 is 2.76 bits per heavy atom. The maximum absolute atomic E-state index is 12.5. The molecular formula is C32H37N7O3. The molecule has 2 aromatic carbocycles. The number of ether oxygens (including phenoxy) is 1. The van der Waals surface area contributed by atoms with Gasteiger partial charge in [-0.2, -0.15) is 15.2 Å². The molecule has 0 radical (unpaired) electrons. The molecular weight excluding hydrogens is 530 g/mol. The summed E-state index contributed by atoms with van der Waals surface area (Å²) in [4.78, 5) is 30.9. The van der Waals surface area contributed by atoms with Crippen LogP contribution in [0.5, 0.6) is 11.8 Å². The highest BCUT2D eigenvalue weighted by Crippen LogP contribution is 2.35. The van der Waals surface area contributed by atoms with Crippen LogP contribution < -0.4 is 9.64 Å². The Kier molecular flexibility index (Phi) is 7.96.